The van der Waals surface area contributed by atoms with Gasteiger partial charge in [-0.2, -0.15) is 0 Å². The molecule has 2 N–H and O–H groups in total. The molecule has 2 aromatic carbocycles. The topological polar surface area (TPSA) is 93.6 Å². The molecule has 0 spiro atoms. The maximum absolute atomic E-state index is 11.0. The molecule has 0 fully saturated rings. The zero-order chi connectivity index (χ0) is 25.5. The number of aliphatic carboxylic acids is 1. The molecule has 2 aromatic heterocycles. The summed E-state index contributed by atoms with van der Waals surface area (Å²) in [6, 6.07) is 18.6. The molecule has 0 unspecified atom stereocenters. The largest absolute Gasteiger partial charge is 0.497 e. The fourth-order valence-electron chi connectivity index (χ4n) is 3.67. The van der Waals surface area contributed by atoms with Crippen LogP contribution in [-0.4, -0.2) is 28.2 Å². The minimum absolute atomic E-state index is 0.0149. The van der Waals surface area contributed by atoms with E-state index in [1.165, 1.54) is 11.3 Å². The van der Waals surface area contributed by atoms with Crippen LogP contribution in [0.2, 0.25) is 0 Å². The average Bonchev–Trinajstić information content (AvgIpc) is 3.35. The third kappa shape index (κ3) is 6.09. The molecule has 0 bridgehead atoms. The van der Waals surface area contributed by atoms with Crippen LogP contribution < -0.4 is 14.8 Å². The van der Waals surface area contributed by atoms with Gasteiger partial charge in [0.15, 0.2) is 10.9 Å². The van der Waals surface area contributed by atoms with Gasteiger partial charge in [0, 0.05) is 16.9 Å². The summed E-state index contributed by atoms with van der Waals surface area (Å²) >= 11 is 1.47. The first-order chi connectivity index (χ1) is 17.5. The summed E-state index contributed by atoms with van der Waals surface area (Å²) in [7, 11) is 1.63. The predicted octanol–water partition coefficient (Wildman–Crippen LogP) is 6.67. The van der Waals surface area contributed by atoms with Gasteiger partial charge in [-0.1, -0.05) is 36.5 Å². The lowest BCUT2D eigenvalue weighted by atomic mass is 10.1. The normalized spacial score (nSPS) is 10.6. The van der Waals surface area contributed by atoms with Crippen molar-refractivity contribution < 1.29 is 19.4 Å². The van der Waals surface area contributed by atoms with Crippen LogP contribution in [0.25, 0.3) is 10.7 Å². The number of benzene rings is 2. The monoisotopic (exact) mass is 501 g/mol. The van der Waals surface area contributed by atoms with E-state index in [0.29, 0.717) is 18.1 Å². The number of carboxylic acids is 1. The first kappa shape index (κ1) is 24.9. The molecule has 36 heavy (non-hydrogen) atoms. The Morgan fingerprint density at radius 2 is 1.78 bits per heavy atom. The highest BCUT2D eigenvalue weighted by molar-refractivity contribution is 7.17. The number of aromatic nitrogens is 2. The predicted molar refractivity (Wildman–Crippen MR) is 143 cm³/mol. The van der Waals surface area contributed by atoms with Gasteiger partial charge in [-0.15, -0.1) is 6.58 Å². The van der Waals surface area contributed by atoms with E-state index in [1.807, 2.05) is 54.6 Å². The Bertz CT molecular complexity index is 1350. The molecule has 2 heterocycles. The third-order valence-corrected chi connectivity index (χ3v) is 6.39. The highest BCUT2D eigenvalue weighted by Crippen LogP contribution is 2.36. The number of nitrogens with zero attached hydrogens (tertiary/aromatic N) is 2. The molecular weight excluding hydrogens is 474 g/mol. The van der Waals surface area contributed by atoms with E-state index < -0.39 is 5.97 Å². The smallest absolute Gasteiger partial charge is 0.307 e. The molecule has 0 aliphatic rings. The number of ether oxygens (including phenoxy) is 2. The van der Waals surface area contributed by atoms with Crippen LogP contribution in [0.15, 0.2) is 73.3 Å². The highest BCUT2D eigenvalue weighted by Gasteiger charge is 2.16. The van der Waals surface area contributed by atoms with Gasteiger partial charge in [-0.05, 0) is 66.9 Å². The summed E-state index contributed by atoms with van der Waals surface area (Å²) < 4.78 is 11.2. The van der Waals surface area contributed by atoms with Gasteiger partial charge in [0.05, 0.1) is 18.4 Å². The summed E-state index contributed by atoms with van der Waals surface area (Å²) in [5, 5.41) is 13.1. The number of thiophene rings is 1. The third-order valence-electron chi connectivity index (χ3n) is 5.43. The molecule has 0 aliphatic heterocycles. The second-order valence-corrected chi connectivity index (χ2v) is 9.00. The molecule has 0 atom stereocenters. The SMILES string of the molecule is C=CCc1c(CC)nc(-c2ccc(Oc3ccc(OC)cc3)s2)nc1Nc1ccc(CC(=O)O)cc1. The lowest BCUT2D eigenvalue weighted by molar-refractivity contribution is -0.136. The zero-order valence-electron chi connectivity index (χ0n) is 20.2. The minimum Gasteiger partial charge on any atom is -0.497 e. The quantitative estimate of drug-likeness (QED) is 0.222. The lowest BCUT2D eigenvalue weighted by Gasteiger charge is -2.15. The molecule has 0 saturated carbocycles. The van der Waals surface area contributed by atoms with E-state index in [-0.39, 0.29) is 6.42 Å². The van der Waals surface area contributed by atoms with E-state index in [2.05, 4.69) is 18.8 Å². The fraction of sp³-hybridized carbons (Fsp3) is 0.179. The number of rotatable bonds is 11. The Kier molecular flexibility index (Phi) is 7.97. The van der Waals surface area contributed by atoms with Crippen molar-refractivity contribution in [2.75, 3.05) is 12.4 Å². The van der Waals surface area contributed by atoms with Gasteiger partial charge in [0.25, 0.3) is 0 Å². The van der Waals surface area contributed by atoms with Crippen LogP contribution in [0.5, 0.6) is 16.6 Å². The molecule has 184 valence electrons. The van der Waals surface area contributed by atoms with Crippen LogP contribution in [0.1, 0.15) is 23.7 Å². The number of nitrogens with one attached hydrogen (secondary N) is 1. The van der Waals surface area contributed by atoms with Gasteiger partial charge in [-0.3, -0.25) is 4.79 Å². The number of hydrogen-bond acceptors (Lipinski definition) is 7. The van der Waals surface area contributed by atoms with Crippen molar-refractivity contribution in [3.63, 3.8) is 0 Å². The number of anilines is 2. The van der Waals surface area contributed by atoms with Crippen LogP contribution in [0.4, 0.5) is 11.5 Å². The van der Waals surface area contributed by atoms with Gasteiger partial charge < -0.3 is 19.9 Å². The van der Waals surface area contributed by atoms with Crippen molar-refractivity contribution in [2.24, 2.45) is 0 Å². The highest BCUT2D eigenvalue weighted by atomic mass is 32.1. The maximum atomic E-state index is 11.0. The molecule has 4 aromatic rings. The molecule has 0 amide bonds. The molecule has 8 heteroatoms. The standard InChI is InChI=1S/C28H27N3O4S/c1-4-6-22-23(5-2)30-28(31-27(22)29-19-9-7-18(8-10-19)17-25(32)33)24-15-16-26(36-24)35-21-13-11-20(34-3)12-14-21/h4,7-16H,1,5-6,17H2,2-3H3,(H,32,33)(H,29,30,31). The number of carboxylic acid groups (broad SMARTS) is 1. The Morgan fingerprint density at radius 3 is 2.42 bits per heavy atom. The summed E-state index contributed by atoms with van der Waals surface area (Å²) in [6.07, 6.45) is 3.19. The fourth-order valence-corrected chi connectivity index (χ4v) is 4.48. The number of hydrogen-bond donors (Lipinski definition) is 2. The summed E-state index contributed by atoms with van der Waals surface area (Å²) in [6.45, 7) is 5.96. The second kappa shape index (κ2) is 11.5. The minimum atomic E-state index is -0.858. The van der Waals surface area contributed by atoms with Crippen LogP contribution >= 0.6 is 11.3 Å². The number of carbonyl (C=O) groups is 1. The Labute approximate surface area is 214 Å². The summed E-state index contributed by atoms with van der Waals surface area (Å²) in [4.78, 5) is 21.6. The van der Waals surface area contributed by atoms with E-state index in [1.54, 1.807) is 19.2 Å². The number of allylic oxidation sites excluding steroid dienone is 1. The van der Waals surface area contributed by atoms with Crippen molar-refractivity contribution >= 4 is 28.8 Å². The first-order valence-corrected chi connectivity index (χ1v) is 12.3. The van der Waals surface area contributed by atoms with Crippen molar-refractivity contribution in [1.82, 2.24) is 9.97 Å². The molecular formula is C28H27N3O4S. The number of aryl methyl sites for hydroxylation is 1. The maximum Gasteiger partial charge on any atom is 0.307 e. The van der Waals surface area contributed by atoms with Crippen molar-refractivity contribution in [3.8, 4) is 27.3 Å². The molecule has 7 nitrogen and oxygen atoms in total. The van der Waals surface area contributed by atoms with Crippen molar-refractivity contribution in [2.45, 2.75) is 26.2 Å². The van der Waals surface area contributed by atoms with Gasteiger partial charge in [0.2, 0.25) is 0 Å². The van der Waals surface area contributed by atoms with Crippen LogP contribution in [-0.2, 0) is 24.1 Å². The lowest BCUT2D eigenvalue weighted by Crippen LogP contribution is -2.07. The van der Waals surface area contributed by atoms with Gasteiger partial charge >= 0.3 is 5.97 Å². The summed E-state index contributed by atoms with van der Waals surface area (Å²) in [5.74, 6) is 1.94. The van der Waals surface area contributed by atoms with Crippen molar-refractivity contribution in [1.29, 1.82) is 0 Å². The summed E-state index contributed by atoms with van der Waals surface area (Å²) in [5.41, 5.74) is 3.48. The van der Waals surface area contributed by atoms with Crippen LogP contribution in [0.3, 0.4) is 0 Å². The van der Waals surface area contributed by atoms with Crippen molar-refractivity contribution in [3.05, 3.63) is 90.1 Å². The molecule has 0 saturated heterocycles. The Hall–Kier alpha value is -4.17. The number of methoxy groups -OCH3 is 1. The molecule has 4 rings (SSSR count). The Morgan fingerprint density at radius 1 is 1.06 bits per heavy atom. The molecule has 0 radical (unpaired) electrons. The van der Waals surface area contributed by atoms with E-state index in [9.17, 15) is 4.79 Å². The average molecular weight is 502 g/mol. The second-order valence-electron chi connectivity index (χ2n) is 7.96. The van der Waals surface area contributed by atoms with Crippen LogP contribution in [0, 0.1) is 0 Å². The Balaban J connectivity index is 1.62. The van der Waals surface area contributed by atoms with E-state index >= 15 is 0 Å². The first-order valence-electron chi connectivity index (χ1n) is 11.5. The van der Waals surface area contributed by atoms with E-state index in [4.69, 9.17) is 24.5 Å². The zero-order valence-corrected chi connectivity index (χ0v) is 21.0. The van der Waals surface area contributed by atoms with Gasteiger partial charge in [-0.25, -0.2) is 9.97 Å². The van der Waals surface area contributed by atoms with Gasteiger partial charge in [0.1, 0.15) is 17.3 Å². The van der Waals surface area contributed by atoms with E-state index in [0.717, 1.165) is 50.4 Å². The molecule has 0 aliphatic carbocycles.